The number of aromatic nitrogens is 1. The Morgan fingerprint density at radius 1 is 1.19 bits per heavy atom. The highest BCUT2D eigenvalue weighted by molar-refractivity contribution is 5.55. The summed E-state index contributed by atoms with van der Waals surface area (Å²) in [4.78, 5) is 21.7. The largest absolute Gasteiger partial charge is 0.505 e. The van der Waals surface area contributed by atoms with E-state index >= 15 is 0 Å². The molecular formula is C11H8N2O3. The molecule has 0 aliphatic carbocycles. The SMILES string of the molecule is O=Nc1ccc(-n2ccccc2=O)cc1O. The molecule has 0 fully saturated rings. The molecule has 0 radical (unpaired) electrons. The van der Waals surface area contributed by atoms with E-state index in [0.29, 0.717) is 5.69 Å². The highest BCUT2D eigenvalue weighted by Gasteiger charge is 2.04. The molecule has 1 N–H and O–H groups in total. The summed E-state index contributed by atoms with van der Waals surface area (Å²) in [5.41, 5.74) is 0.219. The van der Waals surface area contributed by atoms with Gasteiger partial charge in [-0.05, 0) is 23.4 Å². The lowest BCUT2D eigenvalue weighted by Crippen LogP contribution is -2.15. The Labute approximate surface area is 90.6 Å². The van der Waals surface area contributed by atoms with Gasteiger partial charge in [0.2, 0.25) is 0 Å². The Morgan fingerprint density at radius 2 is 2.00 bits per heavy atom. The number of hydrogen-bond acceptors (Lipinski definition) is 4. The van der Waals surface area contributed by atoms with Crippen molar-refractivity contribution in [2.75, 3.05) is 0 Å². The lowest BCUT2D eigenvalue weighted by atomic mass is 10.2. The number of rotatable bonds is 2. The van der Waals surface area contributed by atoms with Crippen molar-refractivity contribution < 1.29 is 5.11 Å². The van der Waals surface area contributed by atoms with Gasteiger partial charge in [0.25, 0.3) is 5.56 Å². The molecule has 1 aromatic carbocycles. The molecule has 1 heterocycles. The average Bonchev–Trinajstić information content (AvgIpc) is 2.29. The van der Waals surface area contributed by atoms with Crippen molar-refractivity contribution in [1.29, 1.82) is 0 Å². The van der Waals surface area contributed by atoms with Crippen LogP contribution in [0.3, 0.4) is 0 Å². The van der Waals surface area contributed by atoms with E-state index in [9.17, 15) is 14.8 Å². The molecule has 0 saturated carbocycles. The fourth-order valence-corrected chi connectivity index (χ4v) is 1.38. The first-order valence-corrected chi connectivity index (χ1v) is 4.57. The predicted octanol–water partition coefficient (Wildman–Crippen LogP) is 1.94. The smallest absolute Gasteiger partial charge is 0.255 e. The molecule has 1 aromatic heterocycles. The van der Waals surface area contributed by atoms with Gasteiger partial charge in [0, 0.05) is 18.3 Å². The van der Waals surface area contributed by atoms with Gasteiger partial charge >= 0.3 is 0 Å². The van der Waals surface area contributed by atoms with E-state index < -0.39 is 0 Å². The Kier molecular flexibility index (Phi) is 2.51. The van der Waals surface area contributed by atoms with Gasteiger partial charge in [-0.25, -0.2) is 0 Å². The van der Waals surface area contributed by atoms with Crippen LogP contribution >= 0.6 is 0 Å². The van der Waals surface area contributed by atoms with Crippen LogP contribution in [0.1, 0.15) is 0 Å². The van der Waals surface area contributed by atoms with Crippen LogP contribution in [0.25, 0.3) is 5.69 Å². The molecule has 0 atom stereocenters. The summed E-state index contributed by atoms with van der Waals surface area (Å²) in [5.74, 6) is -0.247. The van der Waals surface area contributed by atoms with Crippen LogP contribution in [0.2, 0.25) is 0 Å². The van der Waals surface area contributed by atoms with Crippen molar-refractivity contribution in [3.05, 3.63) is 57.9 Å². The second kappa shape index (κ2) is 3.98. The molecule has 2 aromatic rings. The summed E-state index contributed by atoms with van der Waals surface area (Å²) in [5, 5.41) is 12.1. The van der Waals surface area contributed by atoms with Crippen LogP contribution in [0.15, 0.2) is 52.6 Å². The highest BCUT2D eigenvalue weighted by Crippen LogP contribution is 2.27. The summed E-state index contributed by atoms with van der Waals surface area (Å²) in [6.45, 7) is 0. The predicted molar refractivity (Wildman–Crippen MR) is 59.2 cm³/mol. The lowest BCUT2D eigenvalue weighted by Gasteiger charge is -2.05. The van der Waals surface area contributed by atoms with E-state index in [2.05, 4.69) is 5.18 Å². The maximum absolute atomic E-state index is 11.5. The van der Waals surface area contributed by atoms with Crippen LogP contribution in [0.4, 0.5) is 5.69 Å². The van der Waals surface area contributed by atoms with Gasteiger partial charge in [-0.1, -0.05) is 6.07 Å². The van der Waals surface area contributed by atoms with E-state index in [1.807, 2.05) is 0 Å². The van der Waals surface area contributed by atoms with Gasteiger partial charge in [-0.2, -0.15) is 0 Å². The Morgan fingerprint density at radius 3 is 2.62 bits per heavy atom. The maximum Gasteiger partial charge on any atom is 0.255 e. The van der Waals surface area contributed by atoms with Gasteiger partial charge in [0.15, 0.2) is 0 Å². The monoisotopic (exact) mass is 216 g/mol. The van der Waals surface area contributed by atoms with Crippen LogP contribution in [0.5, 0.6) is 5.75 Å². The Balaban J connectivity index is 2.58. The second-order valence-corrected chi connectivity index (χ2v) is 3.17. The van der Waals surface area contributed by atoms with E-state index in [0.717, 1.165) is 0 Å². The number of nitroso groups, excluding NO2 is 1. The summed E-state index contributed by atoms with van der Waals surface area (Å²) in [7, 11) is 0. The average molecular weight is 216 g/mol. The van der Waals surface area contributed by atoms with Crippen molar-refractivity contribution in [2.24, 2.45) is 5.18 Å². The summed E-state index contributed by atoms with van der Waals surface area (Å²) in [6, 6.07) is 8.94. The maximum atomic E-state index is 11.5. The highest BCUT2D eigenvalue weighted by atomic mass is 16.3. The fraction of sp³-hybridized carbons (Fsp3) is 0. The molecule has 0 amide bonds. The van der Waals surface area contributed by atoms with Crippen LogP contribution < -0.4 is 5.56 Å². The van der Waals surface area contributed by atoms with Crippen molar-refractivity contribution in [3.8, 4) is 11.4 Å². The van der Waals surface area contributed by atoms with E-state index in [-0.39, 0.29) is 17.0 Å². The molecule has 0 spiro atoms. The van der Waals surface area contributed by atoms with Crippen LogP contribution in [-0.4, -0.2) is 9.67 Å². The topological polar surface area (TPSA) is 71.7 Å². The number of phenols is 1. The lowest BCUT2D eigenvalue weighted by molar-refractivity contribution is 0.476. The zero-order valence-corrected chi connectivity index (χ0v) is 8.20. The van der Waals surface area contributed by atoms with E-state index in [1.165, 1.54) is 28.8 Å². The fourth-order valence-electron chi connectivity index (χ4n) is 1.38. The van der Waals surface area contributed by atoms with Gasteiger partial charge < -0.3 is 5.11 Å². The van der Waals surface area contributed by atoms with Crippen LogP contribution in [-0.2, 0) is 0 Å². The van der Waals surface area contributed by atoms with E-state index in [1.54, 1.807) is 18.3 Å². The van der Waals surface area contributed by atoms with Gasteiger partial charge in [-0.15, -0.1) is 4.91 Å². The third-order valence-electron chi connectivity index (χ3n) is 2.16. The minimum Gasteiger partial charge on any atom is -0.505 e. The molecule has 0 aliphatic rings. The normalized spacial score (nSPS) is 10.0. The van der Waals surface area contributed by atoms with E-state index in [4.69, 9.17) is 0 Å². The molecule has 0 aliphatic heterocycles. The zero-order chi connectivity index (χ0) is 11.5. The third kappa shape index (κ3) is 1.70. The molecule has 2 rings (SSSR count). The molecule has 5 heteroatoms. The quantitative estimate of drug-likeness (QED) is 0.779. The van der Waals surface area contributed by atoms with Gasteiger partial charge in [-0.3, -0.25) is 9.36 Å². The molecule has 0 unspecified atom stereocenters. The minimum absolute atomic E-state index is 0.0484. The first kappa shape index (κ1) is 10.1. The van der Waals surface area contributed by atoms with Gasteiger partial charge in [0.05, 0.1) is 5.69 Å². The first-order chi connectivity index (χ1) is 7.72. The third-order valence-corrected chi connectivity index (χ3v) is 2.16. The first-order valence-electron chi connectivity index (χ1n) is 4.57. The number of nitrogens with zero attached hydrogens (tertiary/aromatic N) is 2. The number of benzene rings is 1. The molecular weight excluding hydrogens is 208 g/mol. The second-order valence-electron chi connectivity index (χ2n) is 3.17. The summed E-state index contributed by atoms with van der Waals surface area (Å²) >= 11 is 0. The Hall–Kier alpha value is -2.43. The van der Waals surface area contributed by atoms with Gasteiger partial charge in [0.1, 0.15) is 11.4 Å². The summed E-state index contributed by atoms with van der Waals surface area (Å²) < 4.78 is 1.36. The molecule has 80 valence electrons. The molecule has 0 bridgehead atoms. The summed E-state index contributed by atoms with van der Waals surface area (Å²) in [6.07, 6.45) is 1.57. The van der Waals surface area contributed by atoms with Crippen molar-refractivity contribution in [2.45, 2.75) is 0 Å². The number of hydrogen-bond donors (Lipinski definition) is 1. The minimum atomic E-state index is -0.247. The number of pyridine rings is 1. The molecule has 5 nitrogen and oxygen atoms in total. The van der Waals surface area contributed by atoms with Crippen molar-refractivity contribution in [3.63, 3.8) is 0 Å². The number of phenolic OH excluding ortho intramolecular Hbond substituents is 1. The molecule has 16 heavy (non-hydrogen) atoms. The van der Waals surface area contributed by atoms with Crippen molar-refractivity contribution >= 4 is 5.69 Å². The zero-order valence-electron chi connectivity index (χ0n) is 8.20. The molecule has 0 saturated heterocycles. The number of aromatic hydroxyl groups is 1. The standard InChI is InChI=1S/C11H8N2O3/c14-10-7-8(4-5-9(10)12-16)13-6-2-1-3-11(13)15/h1-7,14H. The van der Waals surface area contributed by atoms with Crippen LogP contribution in [0, 0.1) is 4.91 Å². The van der Waals surface area contributed by atoms with Crippen molar-refractivity contribution in [1.82, 2.24) is 4.57 Å². The Bertz CT molecular complexity index is 590.